The number of rotatable bonds is 3. The summed E-state index contributed by atoms with van der Waals surface area (Å²) in [6.45, 7) is 0. The molecule has 49 heavy (non-hydrogen) atoms. The molecule has 0 amide bonds. The van der Waals surface area contributed by atoms with Crippen LogP contribution in [-0.4, -0.2) is 14.1 Å². The van der Waals surface area contributed by atoms with E-state index in [1.54, 1.807) is 0 Å². The highest BCUT2D eigenvalue weighted by Crippen LogP contribution is 2.43. The summed E-state index contributed by atoms with van der Waals surface area (Å²) in [6, 6.07) is 58.4. The quantitative estimate of drug-likeness (QED) is 0.196. The van der Waals surface area contributed by atoms with Gasteiger partial charge in [-0.15, -0.1) is 0 Å². The highest BCUT2D eigenvalue weighted by atomic mass is 16.3. The van der Waals surface area contributed by atoms with Crippen molar-refractivity contribution in [3.05, 3.63) is 164 Å². The van der Waals surface area contributed by atoms with Crippen molar-refractivity contribution < 1.29 is 4.42 Å². The normalized spacial score (nSPS) is 12.1. The Kier molecular flexibility index (Phi) is 5.35. The standard InChI is InChI=1S/C45H27N3O/c1-7-19-37-35(17-1)43(45-44(46-37)36-18-6-12-24-42(36)49-45)28-25-29(47-38-20-8-2-13-31(38)32-14-3-9-21-39(32)47)27-30(26-28)48-40-22-10-4-15-33(40)34-16-5-11-23-41(34)48/h1-27H. The largest absolute Gasteiger partial charge is 0.454 e. The summed E-state index contributed by atoms with van der Waals surface area (Å²) >= 11 is 0. The number of pyridine rings is 1. The fraction of sp³-hybridized carbons (Fsp3) is 0. The average molecular weight is 626 g/mol. The lowest BCUT2D eigenvalue weighted by molar-refractivity contribution is 0.670. The predicted octanol–water partition coefficient (Wildman–Crippen LogP) is 12.0. The topological polar surface area (TPSA) is 35.9 Å². The van der Waals surface area contributed by atoms with Gasteiger partial charge in [0.25, 0.3) is 0 Å². The first-order valence-electron chi connectivity index (χ1n) is 16.6. The Hall–Kier alpha value is -6.65. The first-order valence-corrected chi connectivity index (χ1v) is 16.6. The summed E-state index contributed by atoms with van der Waals surface area (Å²) in [4.78, 5) is 5.16. The van der Waals surface area contributed by atoms with Crippen molar-refractivity contribution in [2.75, 3.05) is 0 Å². The van der Waals surface area contributed by atoms with Crippen LogP contribution >= 0.6 is 0 Å². The molecule has 228 valence electrons. The van der Waals surface area contributed by atoms with Gasteiger partial charge in [-0.05, 0) is 66.2 Å². The van der Waals surface area contributed by atoms with Crippen molar-refractivity contribution >= 4 is 76.6 Å². The van der Waals surface area contributed by atoms with Crippen LogP contribution in [0.1, 0.15) is 0 Å². The smallest absolute Gasteiger partial charge is 0.162 e. The minimum absolute atomic E-state index is 0.799. The second-order valence-electron chi connectivity index (χ2n) is 12.8. The maximum atomic E-state index is 6.71. The van der Waals surface area contributed by atoms with Crippen LogP contribution in [-0.2, 0) is 0 Å². The molecule has 4 heterocycles. The van der Waals surface area contributed by atoms with Crippen molar-refractivity contribution in [2.45, 2.75) is 0 Å². The third kappa shape index (κ3) is 3.71. The molecular formula is C45H27N3O. The molecule has 4 heteroatoms. The summed E-state index contributed by atoms with van der Waals surface area (Å²) in [6.07, 6.45) is 0. The molecule has 0 spiro atoms. The van der Waals surface area contributed by atoms with Crippen molar-refractivity contribution in [1.29, 1.82) is 0 Å². The second-order valence-corrected chi connectivity index (χ2v) is 12.8. The van der Waals surface area contributed by atoms with E-state index in [0.29, 0.717) is 0 Å². The highest BCUT2D eigenvalue weighted by Gasteiger charge is 2.21. The maximum Gasteiger partial charge on any atom is 0.162 e. The fourth-order valence-corrected chi connectivity index (χ4v) is 8.02. The summed E-state index contributed by atoms with van der Waals surface area (Å²) in [7, 11) is 0. The highest BCUT2D eigenvalue weighted by molar-refractivity contribution is 6.16. The molecule has 11 aromatic rings. The number of fused-ring (bicyclic) bond motifs is 10. The first-order chi connectivity index (χ1) is 24.3. The minimum atomic E-state index is 0.799. The van der Waals surface area contributed by atoms with Crippen LogP contribution in [0.5, 0.6) is 0 Å². The number of para-hydroxylation sites is 6. The lowest BCUT2D eigenvalue weighted by atomic mass is 9.98. The maximum absolute atomic E-state index is 6.71. The summed E-state index contributed by atoms with van der Waals surface area (Å²) < 4.78 is 11.5. The van der Waals surface area contributed by atoms with Crippen molar-refractivity contribution in [3.63, 3.8) is 0 Å². The molecular weight excluding hydrogens is 599 g/mol. The lowest BCUT2D eigenvalue weighted by Gasteiger charge is -2.17. The Morgan fingerprint density at radius 1 is 0.408 bits per heavy atom. The van der Waals surface area contributed by atoms with Gasteiger partial charge in [0.05, 0.1) is 27.6 Å². The van der Waals surface area contributed by atoms with Gasteiger partial charge in [-0.1, -0.05) is 103 Å². The van der Waals surface area contributed by atoms with Gasteiger partial charge in [0.2, 0.25) is 0 Å². The molecule has 4 nitrogen and oxygen atoms in total. The number of furan rings is 1. The Labute approximate surface area is 280 Å². The molecule has 0 N–H and O–H groups in total. The van der Waals surface area contributed by atoms with E-state index in [1.165, 1.54) is 43.6 Å². The molecule has 0 radical (unpaired) electrons. The number of hydrogen-bond acceptors (Lipinski definition) is 2. The Morgan fingerprint density at radius 2 is 0.837 bits per heavy atom. The van der Waals surface area contributed by atoms with Gasteiger partial charge in [-0.2, -0.15) is 0 Å². The van der Waals surface area contributed by atoms with Gasteiger partial charge >= 0.3 is 0 Å². The summed E-state index contributed by atoms with van der Waals surface area (Å²) in [5.41, 5.74) is 12.4. The van der Waals surface area contributed by atoms with E-state index in [9.17, 15) is 0 Å². The molecule has 0 aliphatic heterocycles. The fourth-order valence-electron chi connectivity index (χ4n) is 8.02. The molecule has 11 rings (SSSR count). The molecule has 0 bridgehead atoms. The van der Waals surface area contributed by atoms with Gasteiger partial charge < -0.3 is 13.6 Å². The van der Waals surface area contributed by atoms with Crippen molar-refractivity contribution in [1.82, 2.24) is 14.1 Å². The monoisotopic (exact) mass is 625 g/mol. The van der Waals surface area contributed by atoms with Crippen LogP contribution in [0.15, 0.2) is 168 Å². The van der Waals surface area contributed by atoms with Gasteiger partial charge in [0, 0.05) is 49.3 Å². The zero-order valence-corrected chi connectivity index (χ0v) is 26.3. The molecule has 0 saturated heterocycles. The van der Waals surface area contributed by atoms with E-state index in [4.69, 9.17) is 9.40 Å². The number of nitrogens with zero attached hydrogens (tertiary/aromatic N) is 3. The molecule has 0 unspecified atom stereocenters. The summed E-state index contributed by atoms with van der Waals surface area (Å²) in [5, 5.41) is 7.01. The van der Waals surface area contributed by atoms with Gasteiger partial charge in [-0.25, -0.2) is 4.98 Å². The van der Waals surface area contributed by atoms with Gasteiger partial charge in [-0.3, -0.25) is 0 Å². The van der Waals surface area contributed by atoms with E-state index < -0.39 is 0 Å². The summed E-state index contributed by atoms with van der Waals surface area (Å²) in [5.74, 6) is 0. The van der Waals surface area contributed by atoms with Crippen LogP contribution < -0.4 is 0 Å². The van der Waals surface area contributed by atoms with E-state index >= 15 is 0 Å². The van der Waals surface area contributed by atoms with Crippen molar-refractivity contribution in [2.24, 2.45) is 0 Å². The number of aromatic nitrogens is 3. The van der Waals surface area contributed by atoms with Crippen LogP contribution in [0, 0.1) is 0 Å². The van der Waals surface area contributed by atoms with Crippen LogP contribution in [0.25, 0.3) is 99.1 Å². The zero-order chi connectivity index (χ0) is 32.1. The number of benzene rings is 7. The molecule has 0 aliphatic carbocycles. The molecule has 7 aromatic carbocycles. The van der Waals surface area contributed by atoms with E-state index in [1.807, 2.05) is 12.1 Å². The Morgan fingerprint density at radius 3 is 1.37 bits per heavy atom. The Bertz CT molecular complexity index is 2880. The van der Waals surface area contributed by atoms with Crippen LogP contribution in [0.4, 0.5) is 0 Å². The second kappa shape index (κ2) is 9.93. The van der Waals surface area contributed by atoms with E-state index in [0.717, 1.165) is 55.5 Å². The third-order valence-electron chi connectivity index (χ3n) is 10.1. The van der Waals surface area contributed by atoms with Gasteiger partial charge in [0.15, 0.2) is 5.58 Å². The molecule has 4 aromatic heterocycles. The number of hydrogen-bond donors (Lipinski definition) is 0. The van der Waals surface area contributed by atoms with Crippen molar-refractivity contribution in [3.8, 4) is 22.5 Å². The molecule has 0 fully saturated rings. The zero-order valence-electron chi connectivity index (χ0n) is 26.3. The lowest BCUT2D eigenvalue weighted by Crippen LogP contribution is -2.00. The third-order valence-corrected chi connectivity index (χ3v) is 10.1. The molecule has 0 aliphatic rings. The molecule has 0 atom stereocenters. The van der Waals surface area contributed by atoms with Crippen LogP contribution in [0.3, 0.4) is 0 Å². The first kappa shape index (κ1) is 26.4. The average Bonchev–Trinajstić information content (AvgIpc) is 3.81. The van der Waals surface area contributed by atoms with Crippen LogP contribution in [0.2, 0.25) is 0 Å². The predicted molar refractivity (Wildman–Crippen MR) is 203 cm³/mol. The SMILES string of the molecule is c1ccc2c(-c3cc(-n4c5ccccc5c5ccccc54)cc(-n4c5ccccc5c5ccccc54)c3)c3oc4ccccc4c3nc2c1. The van der Waals surface area contributed by atoms with E-state index in [2.05, 4.69) is 161 Å². The van der Waals surface area contributed by atoms with E-state index in [-0.39, 0.29) is 0 Å². The molecule has 0 saturated carbocycles. The van der Waals surface area contributed by atoms with Gasteiger partial charge in [0.1, 0.15) is 11.1 Å². The Balaban J connectivity index is 1.33. The minimum Gasteiger partial charge on any atom is -0.454 e.